The maximum absolute atomic E-state index is 13.1. The summed E-state index contributed by atoms with van der Waals surface area (Å²) in [6, 6.07) is 12.9. The second-order valence-electron chi connectivity index (χ2n) is 5.11. The molecule has 3 rings (SSSR count). The number of nitrogens with two attached hydrogens (primary N) is 1. The van der Waals surface area contributed by atoms with Gasteiger partial charge in [-0.1, -0.05) is 23.7 Å². The number of nitrogens with zero attached hydrogens (tertiary/aromatic N) is 1. The molecule has 3 aromatic rings. The van der Waals surface area contributed by atoms with E-state index in [-0.39, 0.29) is 5.82 Å². The van der Waals surface area contributed by atoms with E-state index in [1.54, 1.807) is 6.07 Å². The van der Waals surface area contributed by atoms with Gasteiger partial charge in [-0.15, -0.1) is 0 Å². The zero-order chi connectivity index (χ0) is 14.8. The van der Waals surface area contributed by atoms with Crippen molar-refractivity contribution in [3.8, 4) is 0 Å². The quantitative estimate of drug-likeness (QED) is 0.776. The topological polar surface area (TPSA) is 30.9 Å². The number of fused-ring (bicyclic) bond motifs is 1. The Morgan fingerprint density at radius 2 is 1.95 bits per heavy atom. The number of aromatic nitrogens is 1. The molecule has 0 saturated heterocycles. The van der Waals surface area contributed by atoms with Gasteiger partial charge in [0, 0.05) is 23.3 Å². The van der Waals surface area contributed by atoms with Crippen LogP contribution in [0.25, 0.3) is 10.9 Å². The zero-order valence-corrected chi connectivity index (χ0v) is 12.3. The van der Waals surface area contributed by atoms with Gasteiger partial charge in [0.2, 0.25) is 0 Å². The Hall–Kier alpha value is -1.84. The van der Waals surface area contributed by atoms with Crippen LogP contribution in [0.1, 0.15) is 11.1 Å². The van der Waals surface area contributed by atoms with Crippen LogP contribution in [0.2, 0.25) is 5.02 Å². The van der Waals surface area contributed by atoms with Crippen LogP contribution in [0.5, 0.6) is 0 Å². The van der Waals surface area contributed by atoms with Crippen LogP contribution in [0.15, 0.2) is 48.7 Å². The van der Waals surface area contributed by atoms with E-state index in [1.165, 1.54) is 23.1 Å². The summed E-state index contributed by atoms with van der Waals surface area (Å²) in [6.07, 6.45) is 2.90. The van der Waals surface area contributed by atoms with Crippen molar-refractivity contribution in [1.82, 2.24) is 4.57 Å². The molecule has 0 fully saturated rings. The molecule has 0 saturated carbocycles. The maximum atomic E-state index is 13.1. The van der Waals surface area contributed by atoms with E-state index in [4.69, 9.17) is 17.3 Å². The normalized spacial score (nSPS) is 11.2. The fourth-order valence-corrected chi connectivity index (χ4v) is 2.77. The number of hydrogen-bond acceptors (Lipinski definition) is 1. The summed E-state index contributed by atoms with van der Waals surface area (Å²) in [4.78, 5) is 0. The highest BCUT2D eigenvalue weighted by molar-refractivity contribution is 6.31. The molecule has 1 heterocycles. The molecular weight excluding hydrogens is 287 g/mol. The van der Waals surface area contributed by atoms with Crippen LogP contribution in [0.3, 0.4) is 0 Å². The van der Waals surface area contributed by atoms with E-state index in [1.807, 2.05) is 6.20 Å². The minimum Gasteiger partial charge on any atom is -0.343 e. The predicted octanol–water partition coefficient (Wildman–Crippen LogP) is 3.98. The molecule has 0 bridgehead atoms. The maximum Gasteiger partial charge on any atom is 0.124 e. The molecular formula is C17H16ClFN2. The molecule has 0 radical (unpaired) electrons. The minimum absolute atomic E-state index is 0.312. The van der Waals surface area contributed by atoms with Crippen LogP contribution in [0.4, 0.5) is 4.39 Å². The van der Waals surface area contributed by atoms with Crippen molar-refractivity contribution in [1.29, 1.82) is 0 Å². The Morgan fingerprint density at radius 3 is 2.71 bits per heavy atom. The SMILES string of the molecule is NCCc1ccc2c(ccn2Cc2ccc(F)cc2Cl)c1. The first kappa shape index (κ1) is 14.1. The Kier molecular flexibility index (Phi) is 3.95. The Morgan fingerprint density at radius 1 is 1.10 bits per heavy atom. The van der Waals surface area contributed by atoms with E-state index >= 15 is 0 Å². The summed E-state index contributed by atoms with van der Waals surface area (Å²) in [7, 11) is 0. The number of rotatable bonds is 4. The van der Waals surface area contributed by atoms with Crippen LogP contribution < -0.4 is 5.73 Å². The third-order valence-corrected chi connectivity index (χ3v) is 3.98. The molecule has 108 valence electrons. The van der Waals surface area contributed by atoms with Crippen LogP contribution in [-0.4, -0.2) is 11.1 Å². The summed E-state index contributed by atoms with van der Waals surface area (Å²) in [5, 5.41) is 1.63. The molecule has 2 aromatic carbocycles. The lowest BCUT2D eigenvalue weighted by atomic mass is 10.1. The van der Waals surface area contributed by atoms with E-state index in [0.717, 1.165) is 17.5 Å². The lowest BCUT2D eigenvalue weighted by molar-refractivity contribution is 0.626. The average Bonchev–Trinajstić information content (AvgIpc) is 2.85. The highest BCUT2D eigenvalue weighted by Crippen LogP contribution is 2.23. The van der Waals surface area contributed by atoms with Gasteiger partial charge in [0.25, 0.3) is 0 Å². The molecule has 0 spiro atoms. The van der Waals surface area contributed by atoms with E-state index in [0.29, 0.717) is 18.1 Å². The summed E-state index contributed by atoms with van der Waals surface area (Å²) >= 11 is 6.10. The van der Waals surface area contributed by atoms with Crippen molar-refractivity contribution >= 4 is 22.5 Å². The van der Waals surface area contributed by atoms with Gasteiger partial charge in [-0.25, -0.2) is 4.39 Å². The summed E-state index contributed by atoms with van der Waals surface area (Å²) in [5.74, 6) is -0.312. The number of hydrogen-bond donors (Lipinski definition) is 1. The van der Waals surface area contributed by atoms with Crippen LogP contribution >= 0.6 is 11.6 Å². The van der Waals surface area contributed by atoms with Crippen molar-refractivity contribution in [3.63, 3.8) is 0 Å². The zero-order valence-electron chi connectivity index (χ0n) is 11.5. The van der Waals surface area contributed by atoms with Gasteiger partial charge in [0.1, 0.15) is 5.82 Å². The first-order chi connectivity index (χ1) is 10.2. The fourth-order valence-electron chi connectivity index (χ4n) is 2.54. The lowest BCUT2D eigenvalue weighted by Gasteiger charge is -2.08. The third-order valence-electron chi connectivity index (χ3n) is 3.62. The molecule has 2 nitrogen and oxygen atoms in total. The highest BCUT2D eigenvalue weighted by atomic mass is 35.5. The highest BCUT2D eigenvalue weighted by Gasteiger charge is 2.06. The molecule has 0 amide bonds. The summed E-state index contributed by atoms with van der Waals surface area (Å²) < 4.78 is 15.2. The molecule has 0 aliphatic heterocycles. The monoisotopic (exact) mass is 302 g/mol. The van der Waals surface area contributed by atoms with Crippen molar-refractivity contribution in [2.45, 2.75) is 13.0 Å². The minimum atomic E-state index is -0.312. The molecule has 21 heavy (non-hydrogen) atoms. The van der Waals surface area contributed by atoms with E-state index < -0.39 is 0 Å². The second kappa shape index (κ2) is 5.88. The lowest BCUT2D eigenvalue weighted by Crippen LogP contribution is -2.02. The van der Waals surface area contributed by atoms with Crippen molar-refractivity contribution in [2.75, 3.05) is 6.54 Å². The van der Waals surface area contributed by atoms with Gasteiger partial charge in [-0.3, -0.25) is 0 Å². The van der Waals surface area contributed by atoms with Gasteiger partial charge in [0.05, 0.1) is 0 Å². The molecule has 0 atom stereocenters. The average molecular weight is 303 g/mol. The Balaban J connectivity index is 1.94. The van der Waals surface area contributed by atoms with Crippen molar-refractivity contribution in [2.24, 2.45) is 5.73 Å². The number of benzene rings is 2. The molecule has 0 unspecified atom stereocenters. The van der Waals surface area contributed by atoms with Gasteiger partial charge in [0.15, 0.2) is 0 Å². The predicted molar refractivity (Wildman–Crippen MR) is 85.2 cm³/mol. The molecule has 0 aliphatic carbocycles. The molecule has 4 heteroatoms. The van der Waals surface area contributed by atoms with Crippen LogP contribution in [-0.2, 0) is 13.0 Å². The standard InChI is InChI=1S/C17H16ClFN2/c18-16-10-15(19)3-2-14(16)11-21-8-6-13-9-12(5-7-20)1-4-17(13)21/h1-4,6,8-10H,5,7,11,20H2. The first-order valence-corrected chi connectivity index (χ1v) is 7.27. The smallest absolute Gasteiger partial charge is 0.124 e. The summed E-state index contributed by atoms with van der Waals surface area (Å²) in [5.41, 5.74) is 8.87. The first-order valence-electron chi connectivity index (χ1n) is 6.89. The van der Waals surface area contributed by atoms with Gasteiger partial charge in [-0.2, -0.15) is 0 Å². The number of halogens is 2. The molecule has 0 aliphatic rings. The fraction of sp³-hybridized carbons (Fsp3) is 0.176. The van der Waals surface area contributed by atoms with E-state index in [9.17, 15) is 4.39 Å². The third kappa shape index (κ3) is 2.94. The molecule has 1 aromatic heterocycles. The van der Waals surface area contributed by atoms with Crippen molar-refractivity contribution < 1.29 is 4.39 Å². The Labute approximate surface area is 127 Å². The van der Waals surface area contributed by atoms with Gasteiger partial charge >= 0.3 is 0 Å². The largest absolute Gasteiger partial charge is 0.343 e. The van der Waals surface area contributed by atoms with Crippen molar-refractivity contribution in [3.05, 3.63) is 70.6 Å². The van der Waals surface area contributed by atoms with Gasteiger partial charge in [-0.05, 0) is 59.8 Å². The van der Waals surface area contributed by atoms with Crippen LogP contribution in [0, 0.1) is 5.82 Å². The second-order valence-corrected chi connectivity index (χ2v) is 5.52. The summed E-state index contributed by atoms with van der Waals surface area (Å²) in [6.45, 7) is 1.27. The molecule has 2 N–H and O–H groups in total. The Bertz CT molecular complexity index is 780. The van der Waals surface area contributed by atoms with E-state index in [2.05, 4.69) is 28.8 Å². The van der Waals surface area contributed by atoms with Gasteiger partial charge < -0.3 is 10.3 Å².